The normalized spacial score (nSPS) is 31.5. The highest BCUT2D eigenvalue weighted by Gasteiger charge is 2.37. The van der Waals surface area contributed by atoms with Crippen molar-refractivity contribution in [2.45, 2.75) is 57.4 Å². The molecule has 2 aliphatic carbocycles. The Bertz CT molecular complexity index is 379. The van der Waals surface area contributed by atoms with E-state index in [9.17, 15) is 9.59 Å². The fraction of sp³-hybridized carbons (Fsp3) is 0.875. The smallest absolute Gasteiger partial charge is 0.234 e. The minimum absolute atomic E-state index is 0.147. The number of hydrogen-bond donors (Lipinski definition) is 1. The van der Waals surface area contributed by atoms with Crippen LogP contribution in [0.2, 0.25) is 0 Å². The Kier molecular flexibility index (Phi) is 4.39. The number of carbonyl (C=O) groups is 2. The molecule has 3 rings (SSSR count). The molecule has 1 N–H and O–H groups in total. The molecule has 112 valence electrons. The zero-order valence-corrected chi connectivity index (χ0v) is 12.3. The minimum Gasteiger partial charge on any atom is -0.355 e. The molecule has 3 aliphatic rings. The van der Waals surface area contributed by atoms with E-state index in [4.69, 9.17) is 0 Å². The van der Waals surface area contributed by atoms with Crippen LogP contribution < -0.4 is 5.32 Å². The van der Waals surface area contributed by atoms with Crippen LogP contribution in [-0.4, -0.2) is 42.3 Å². The molecule has 0 spiro atoms. The Morgan fingerprint density at radius 2 is 2.00 bits per heavy atom. The zero-order valence-electron chi connectivity index (χ0n) is 12.3. The summed E-state index contributed by atoms with van der Waals surface area (Å²) in [6.45, 7) is 2.31. The Morgan fingerprint density at radius 1 is 1.15 bits per heavy atom. The van der Waals surface area contributed by atoms with Gasteiger partial charge in [0, 0.05) is 24.9 Å². The van der Waals surface area contributed by atoms with Gasteiger partial charge in [-0.05, 0) is 51.0 Å². The fourth-order valence-electron chi connectivity index (χ4n) is 3.74. The van der Waals surface area contributed by atoms with Gasteiger partial charge in [0.1, 0.15) is 5.78 Å². The maximum Gasteiger partial charge on any atom is 0.234 e. The van der Waals surface area contributed by atoms with Crippen LogP contribution >= 0.6 is 0 Å². The summed E-state index contributed by atoms with van der Waals surface area (Å²) < 4.78 is 0. The second kappa shape index (κ2) is 6.25. The van der Waals surface area contributed by atoms with Crippen molar-refractivity contribution in [1.29, 1.82) is 0 Å². The lowest BCUT2D eigenvalue weighted by molar-refractivity contribution is -0.127. The molecule has 0 radical (unpaired) electrons. The van der Waals surface area contributed by atoms with E-state index in [1.54, 1.807) is 0 Å². The fourth-order valence-corrected chi connectivity index (χ4v) is 3.74. The van der Waals surface area contributed by atoms with E-state index in [-0.39, 0.29) is 11.8 Å². The summed E-state index contributed by atoms with van der Waals surface area (Å²) in [4.78, 5) is 26.3. The van der Waals surface area contributed by atoms with Gasteiger partial charge >= 0.3 is 0 Å². The third-order valence-electron chi connectivity index (χ3n) is 5.11. The van der Waals surface area contributed by atoms with E-state index in [1.165, 1.54) is 19.3 Å². The molecular formula is C16H26N2O2. The number of nitrogens with zero attached hydrogens (tertiary/aromatic N) is 1. The van der Waals surface area contributed by atoms with Crippen LogP contribution in [0.4, 0.5) is 0 Å². The molecule has 0 aromatic heterocycles. The molecule has 1 saturated heterocycles. The maximum atomic E-state index is 12.0. The van der Waals surface area contributed by atoms with Crippen molar-refractivity contribution in [2.24, 2.45) is 11.8 Å². The number of piperidine rings is 1. The van der Waals surface area contributed by atoms with Crippen LogP contribution in [0.15, 0.2) is 0 Å². The summed E-state index contributed by atoms with van der Waals surface area (Å²) in [6, 6.07) is 0.324. The summed E-state index contributed by atoms with van der Waals surface area (Å²) >= 11 is 0. The number of ketones is 1. The van der Waals surface area contributed by atoms with Gasteiger partial charge in [0.15, 0.2) is 0 Å². The first-order valence-electron chi connectivity index (χ1n) is 8.27. The predicted molar refractivity (Wildman–Crippen MR) is 77.3 cm³/mol. The summed E-state index contributed by atoms with van der Waals surface area (Å²) in [6.07, 6.45) is 8.81. The summed E-state index contributed by atoms with van der Waals surface area (Å²) in [7, 11) is 0. The molecular weight excluding hydrogens is 252 g/mol. The van der Waals surface area contributed by atoms with Gasteiger partial charge in [-0.2, -0.15) is 0 Å². The number of carbonyl (C=O) groups excluding carboxylic acids is 2. The average molecular weight is 278 g/mol. The van der Waals surface area contributed by atoms with Crippen molar-refractivity contribution in [1.82, 2.24) is 10.2 Å². The molecule has 4 nitrogen and oxygen atoms in total. The molecule has 1 amide bonds. The third kappa shape index (κ3) is 3.40. The molecule has 3 fully saturated rings. The first-order chi connectivity index (χ1) is 9.74. The Morgan fingerprint density at radius 3 is 2.70 bits per heavy atom. The second-order valence-electron chi connectivity index (χ2n) is 6.75. The van der Waals surface area contributed by atoms with Crippen molar-refractivity contribution < 1.29 is 9.59 Å². The molecule has 4 heteroatoms. The van der Waals surface area contributed by atoms with E-state index in [0.717, 1.165) is 51.1 Å². The Labute approximate surface area is 121 Å². The van der Waals surface area contributed by atoms with Gasteiger partial charge in [0.25, 0.3) is 0 Å². The first-order valence-corrected chi connectivity index (χ1v) is 8.27. The monoisotopic (exact) mass is 278 g/mol. The molecule has 20 heavy (non-hydrogen) atoms. The molecule has 1 aliphatic heterocycles. The minimum atomic E-state index is 0.147. The van der Waals surface area contributed by atoms with E-state index in [1.807, 2.05) is 0 Å². The average Bonchev–Trinajstić information content (AvgIpc) is 3.18. The maximum absolute atomic E-state index is 12.0. The number of Topliss-reactive ketones (excluding diaryl/α,β-unsaturated/α-hetero) is 1. The first kappa shape index (κ1) is 14.1. The molecule has 2 atom stereocenters. The summed E-state index contributed by atoms with van der Waals surface area (Å²) in [5, 5.41) is 3.05. The van der Waals surface area contributed by atoms with Crippen LogP contribution in [0.25, 0.3) is 0 Å². The highest BCUT2D eigenvalue weighted by Crippen LogP contribution is 2.32. The van der Waals surface area contributed by atoms with Gasteiger partial charge in [-0.1, -0.05) is 6.42 Å². The number of amides is 1. The van der Waals surface area contributed by atoms with Crippen LogP contribution in [0, 0.1) is 11.8 Å². The van der Waals surface area contributed by atoms with Crippen LogP contribution in [0.5, 0.6) is 0 Å². The number of nitrogens with one attached hydrogen (secondary N) is 1. The highest BCUT2D eigenvalue weighted by molar-refractivity contribution is 5.84. The molecule has 0 aromatic carbocycles. The lowest BCUT2D eigenvalue weighted by atomic mass is 9.88. The van der Waals surface area contributed by atoms with Crippen LogP contribution in [-0.2, 0) is 9.59 Å². The number of hydrogen-bond acceptors (Lipinski definition) is 3. The van der Waals surface area contributed by atoms with Crippen LogP contribution in [0.3, 0.4) is 0 Å². The van der Waals surface area contributed by atoms with E-state index in [0.29, 0.717) is 18.4 Å². The van der Waals surface area contributed by atoms with Crippen LogP contribution in [0.1, 0.15) is 51.4 Å². The SMILES string of the molecule is O=C(CN1CCCCC1C1CCCC1=O)NCC1CC1. The Balaban J connectivity index is 1.53. The number of rotatable bonds is 5. The van der Waals surface area contributed by atoms with Gasteiger partial charge in [0.05, 0.1) is 6.54 Å². The standard InChI is InChI=1S/C16H26N2O2/c19-15-6-3-4-13(15)14-5-1-2-9-18(14)11-16(20)17-10-12-7-8-12/h12-14H,1-11H2,(H,17,20). The lowest BCUT2D eigenvalue weighted by Crippen LogP contribution is -2.49. The molecule has 0 aromatic rings. The summed E-state index contributed by atoms with van der Waals surface area (Å²) in [5.41, 5.74) is 0. The Hall–Kier alpha value is -0.900. The molecule has 2 unspecified atom stereocenters. The van der Waals surface area contributed by atoms with Gasteiger partial charge in [-0.3, -0.25) is 14.5 Å². The van der Waals surface area contributed by atoms with E-state index < -0.39 is 0 Å². The van der Waals surface area contributed by atoms with Crippen molar-refractivity contribution in [3.8, 4) is 0 Å². The van der Waals surface area contributed by atoms with Crippen molar-refractivity contribution in [3.63, 3.8) is 0 Å². The molecule has 1 heterocycles. The lowest BCUT2D eigenvalue weighted by Gasteiger charge is -2.38. The molecule has 2 saturated carbocycles. The van der Waals surface area contributed by atoms with E-state index >= 15 is 0 Å². The van der Waals surface area contributed by atoms with Gasteiger partial charge in [-0.15, -0.1) is 0 Å². The topological polar surface area (TPSA) is 49.4 Å². The molecule has 0 bridgehead atoms. The number of likely N-dealkylation sites (tertiary alicyclic amines) is 1. The van der Waals surface area contributed by atoms with E-state index in [2.05, 4.69) is 10.2 Å². The predicted octanol–water partition coefficient (Wildman–Crippen LogP) is 1.74. The second-order valence-corrected chi connectivity index (χ2v) is 6.75. The third-order valence-corrected chi connectivity index (χ3v) is 5.11. The van der Waals surface area contributed by atoms with Crippen molar-refractivity contribution >= 4 is 11.7 Å². The zero-order chi connectivity index (χ0) is 13.9. The quantitative estimate of drug-likeness (QED) is 0.833. The highest BCUT2D eigenvalue weighted by atomic mass is 16.2. The van der Waals surface area contributed by atoms with Gasteiger partial charge in [0.2, 0.25) is 5.91 Å². The van der Waals surface area contributed by atoms with Crippen molar-refractivity contribution in [3.05, 3.63) is 0 Å². The largest absolute Gasteiger partial charge is 0.355 e. The summed E-state index contributed by atoms with van der Waals surface area (Å²) in [5.74, 6) is 1.51. The van der Waals surface area contributed by atoms with Gasteiger partial charge in [-0.25, -0.2) is 0 Å². The van der Waals surface area contributed by atoms with Crippen molar-refractivity contribution in [2.75, 3.05) is 19.6 Å². The van der Waals surface area contributed by atoms with Gasteiger partial charge < -0.3 is 5.32 Å².